The summed E-state index contributed by atoms with van der Waals surface area (Å²) >= 11 is 6.05. The van der Waals surface area contributed by atoms with Crippen LogP contribution >= 0.6 is 11.6 Å². The molecule has 0 aromatic heterocycles. The first kappa shape index (κ1) is 20.4. The van der Waals surface area contributed by atoms with Crippen LogP contribution in [0.2, 0.25) is 5.02 Å². The average molecular weight is 395 g/mol. The highest BCUT2D eigenvalue weighted by Crippen LogP contribution is 2.27. The summed E-state index contributed by atoms with van der Waals surface area (Å²) in [5.74, 6) is -0.368. The van der Waals surface area contributed by atoms with Crippen LogP contribution in [0.5, 0.6) is 0 Å². The van der Waals surface area contributed by atoms with Crippen LogP contribution in [-0.2, 0) is 22.9 Å². The molecule has 0 saturated heterocycles. The first-order valence-electron chi connectivity index (χ1n) is 8.36. The molecular formula is C19H23ClN2O3S. The molecule has 0 fully saturated rings. The molecule has 2 aromatic rings. The summed E-state index contributed by atoms with van der Waals surface area (Å²) in [5.41, 5.74) is 3.10. The molecule has 1 amide bonds. The van der Waals surface area contributed by atoms with E-state index in [1.54, 1.807) is 0 Å². The predicted octanol–water partition coefficient (Wildman–Crippen LogP) is 3.97. The van der Waals surface area contributed by atoms with Crippen LogP contribution in [0.15, 0.2) is 41.3 Å². The highest BCUT2D eigenvalue weighted by atomic mass is 35.5. The van der Waals surface area contributed by atoms with Gasteiger partial charge < -0.3 is 5.32 Å². The normalized spacial score (nSPS) is 11.6. The molecule has 0 aliphatic heterocycles. The van der Waals surface area contributed by atoms with Crippen LogP contribution in [0.3, 0.4) is 0 Å². The van der Waals surface area contributed by atoms with Gasteiger partial charge in [-0.05, 0) is 42.2 Å². The van der Waals surface area contributed by atoms with Crippen molar-refractivity contribution >= 4 is 33.2 Å². The van der Waals surface area contributed by atoms with E-state index in [4.69, 9.17) is 11.6 Å². The zero-order chi connectivity index (χ0) is 19.5. The molecule has 0 spiro atoms. The van der Waals surface area contributed by atoms with Crippen LogP contribution < -0.4 is 5.32 Å². The maximum Gasteiger partial charge on any atom is 0.255 e. The maximum atomic E-state index is 12.7. The van der Waals surface area contributed by atoms with Crippen molar-refractivity contribution in [3.8, 4) is 0 Å². The van der Waals surface area contributed by atoms with Crippen LogP contribution in [0.1, 0.15) is 35.3 Å². The van der Waals surface area contributed by atoms with Gasteiger partial charge in [0.2, 0.25) is 10.0 Å². The monoisotopic (exact) mass is 394 g/mol. The summed E-state index contributed by atoms with van der Waals surface area (Å²) in [6, 6.07) is 10.2. The molecule has 0 aliphatic carbocycles. The number of anilines is 1. The molecule has 26 heavy (non-hydrogen) atoms. The summed E-state index contributed by atoms with van der Waals surface area (Å²) in [6.45, 7) is 4.04. The minimum atomic E-state index is -3.74. The number of hydrogen-bond donors (Lipinski definition) is 1. The van der Waals surface area contributed by atoms with E-state index in [0.717, 1.165) is 34.0 Å². The number of amides is 1. The second kappa shape index (κ2) is 8.20. The van der Waals surface area contributed by atoms with E-state index >= 15 is 0 Å². The number of sulfonamides is 1. The van der Waals surface area contributed by atoms with Crippen molar-refractivity contribution in [3.63, 3.8) is 0 Å². The second-order valence-corrected chi connectivity index (χ2v) is 8.57. The summed E-state index contributed by atoms with van der Waals surface area (Å²) < 4.78 is 25.9. The summed E-state index contributed by atoms with van der Waals surface area (Å²) in [4.78, 5) is 12.7. The molecule has 0 saturated carbocycles. The van der Waals surface area contributed by atoms with Gasteiger partial charge in [-0.15, -0.1) is 0 Å². The van der Waals surface area contributed by atoms with Crippen molar-refractivity contribution in [2.75, 3.05) is 19.4 Å². The summed E-state index contributed by atoms with van der Waals surface area (Å²) in [7, 11) is -0.901. The molecule has 0 radical (unpaired) electrons. The molecule has 0 aliphatic rings. The van der Waals surface area contributed by atoms with Crippen LogP contribution in [0.4, 0.5) is 5.69 Å². The zero-order valence-corrected chi connectivity index (χ0v) is 16.9. The Kier molecular flexibility index (Phi) is 6.44. The fourth-order valence-electron chi connectivity index (χ4n) is 2.63. The highest BCUT2D eigenvalue weighted by Gasteiger charge is 2.23. The van der Waals surface area contributed by atoms with E-state index in [0.29, 0.717) is 0 Å². The maximum absolute atomic E-state index is 12.7. The van der Waals surface area contributed by atoms with Crippen LogP contribution in [0.25, 0.3) is 0 Å². The smallest absolute Gasteiger partial charge is 0.255 e. The Hall–Kier alpha value is -1.89. The Morgan fingerprint density at radius 3 is 2.15 bits per heavy atom. The Balaban J connectivity index is 2.44. The minimum absolute atomic E-state index is 0.0819. The third kappa shape index (κ3) is 4.09. The SMILES string of the molecule is CCc1cccc(CC)c1NC(=O)c1ccc(Cl)c(S(=O)(=O)N(C)C)c1. The van der Waals surface area contributed by atoms with Crippen molar-refractivity contribution in [1.29, 1.82) is 0 Å². The van der Waals surface area contributed by atoms with Gasteiger partial charge in [0.25, 0.3) is 5.91 Å². The molecule has 0 atom stereocenters. The number of nitrogens with zero attached hydrogens (tertiary/aromatic N) is 1. The Labute approximate surface area is 160 Å². The van der Waals surface area contributed by atoms with Gasteiger partial charge in [-0.1, -0.05) is 43.6 Å². The number of para-hydroxylation sites is 1. The highest BCUT2D eigenvalue weighted by molar-refractivity contribution is 7.89. The van der Waals surface area contributed by atoms with Gasteiger partial charge in [-0.2, -0.15) is 0 Å². The quantitative estimate of drug-likeness (QED) is 0.806. The van der Waals surface area contributed by atoms with E-state index in [1.807, 2.05) is 32.0 Å². The lowest BCUT2D eigenvalue weighted by atomic mass is 10.0. The van der Waals surface area contributed by atoms with Gasteiger partial charge in [-0.25, -0.2) is 12.7 Å². The number of halogens is 1. The molecule has 5 nitrogen and oxygen atoms in total. The zero-order valence-electron chi connectivity index (χ0n) is 15.3. The summed E-state index contributed by atoms with van der Waals surface area (Å²) in [5, 5.41) is 3.02. The lowest BCUT2D eigenvalue weighted by molar-refractivity contribution is 0.102. The van der Waals surface area contributed by atoms with E-state index < -0.39 is 10.0 Å². The molecule has 2 aromatic carbocycles. The van der Waals surface area contributed by atoms with Gasteiger partial charge in [0.05, 0.1) is 5.02 Å². The van der Waals surface area contributed by atoms with Gasteiger partial charge in [-0.3, -0.25) is 4.79 Å². The number of hydrogen-bond acceptors (Lipinski definition) is 3. The van der Waals surface area contributed by atoms with Crippen molar-refractivity contribution < 1.29 is 13.2 Å². The minimum Gasteiger partial charge on any atom is -0.321 e. The average Bonchev–Trinajstić information content (AvgIpc) is 2.61. The van der Waals surface area contributed by atoms with E-state index in [9.17, 15) is 13.2 Å². The number of aryl methyl sites for hydroxylation is 2. The first-order valence-corrected chi connectivity index (χ1v) is 10.2. The third-order valence-corrected chi connectivity index (χ3v) is 6.49. The molecule has 2 rings (SSSR count). The molecule has 0 bridgehead atoms. The van der Waals surface area contributed by atoms with Gasteiger partial charge in [0.15, 0.2) is 0 Å². The first-order chi connectivity index (χ1) is 12.2. The van der Waals surface area contributed by atoms with Crippen molar-refractivity contribution in [1.82, 2.24) is 4.31 Å². The fourth-order valence-corrected chi connectivity index (χ4v) is 4.02. The number of carbonyl (C=O) groups is 1. The van der Waals surface area contributed by atoms with E-state index in [2.05, 4.69) is 5.32 Å². The standard InChI is InChI=1S/C19H23ClN2O3S/c1-5-13-8-7-9-14(6-2)18(13)21-19(23)15-10-11-16(20)17(12-15)26(24,25)22(3)4/h7-12H,5-6H2,1-4H3,(H,21,23). The largest absolute Gasteiger partial charge is 0.321 e. The van der Waals surface area contributed by atoms with Gasteiger partial charge in [0.1, 0.15) is 4.90 Å². The van der Waals surface area contributed by atoms with Crippen LogP contribution in [-0.4, -0.2) is 32.7 Å². The molecule has 7 heteroatoms. The molecular weight excluding hydrogens is 372 g/mol. The molecule has 140 valence electrons. The lowest BCUT2D eigenvalue weighted by Gasteiger charge is -2.16. The van der Waals surface area contributed by atoms with Crippen LogP contribution in [0, 0.1) is 0 Å². The van der Waals surface area contributed by atoms with Crippen molar-refractivity contribution in [2.24, 2.45) is 0 Å². The number of benzene rings is 2. The Morgan fingerprint density at radius 1 is 1.08 bits per heavy atom. The van der Waals surface area contributed by atoms with E-state index in [-0.39, 0.29) is 21.4 Å². The fraction of sp³-hybridized carbons (Fsp3) is 0.316. The van der Waals surface area contributed by atoms with E-state index in [1.165, 1.54) is 32.3 Å². The molecule has 1 N–H and O–H groups in total. The molecule has 0 unspecified atom stereocenters. The second-order valence-electron chi connectivity index (χ2n) is 6.05. The topological polar surface area (TPSA) is 66.5 Å². The Morgan fingerprint density at radius 2 is 1.65 bits per heavy atom. The Bertz CT molecular complexity index is 902. The number of carbonyl (C=O) groups excluding carboxylic acids is 1. The lowest BCUT2D eigenvalue weighted by Crippen LogP contribution is -2.23. The van der Waals surface area contributed by atoms with Gasteiger partial charge in [0, 0.05) is 25.3 Å². The summed E-state index contributed by atoms with van der Waals surface area (Å²) in [6.07, 6.45) is 1.56. The van der Waals surface area contributed by atoms with Crippen molar-refractivity contribution in [2.45, 2.75) is 31.6 Å². The van der Waals surface area contributed by atoms with Crippen molar-refractivity contribution in [3.05, 3.63) is 58.1 Å². The number of rotatable bonds is 6. The molecule has 0 heterocycles. The van der Waals surface area contributed by atoms with Gasteiger partial charge >= 0.3 is 0 Å². The predicted molar refractivity (Wildman–Crippen MR) is 105 cm³/mol. The third-order valence-electron chi connectivity index (χ3n) is 4.19. The number of nitrogens with one attached hydrogen (secondary N) is 1.